The van der Waals surface area contributed by atoms with Crippen LogP contribution in [0.2, 0.25) is 0 Å². The first-order chi connectivity index (χ1) is 38.2. The molecule has 0 radical (unpaired) electrons. The first-order valence-corrected chi connectivity index (χ1v) is 27.3. The summed E-state index contributed by atoms with van der Waals surface area (Å²) in [7, 11) is 0. The van der Waals surface area contributed by atoms with Crippen molar-refractivity contribution >= 4 is 44.9 Å². The highest BCUT2D eigenvalue weighted by Crippen LogP contribution is 2.61. The predicted molar refractivity (Wildman–Crippen MR) is 330 cm³/mol. The summed E-state index contributed by atoms with van der Waals surface area (Å²) >= 11 is 0. The number of nitrogens with zero attached hydrogens (tertiary/aromatic N) is 2. The molecular weight excluding hydrogens is 941 g/mol. The lowest BCUT2D eigenvalue weighted by atomic mass is 9.65. The fourth-order valence-corrected chi connectivity index (χ4v) is 12.5. The van der Waals surface area contributed by atoms with Gasteiger partial charge in [0.1, 0.15) is 0 Å². The molecule has 0 aromatic heterocycles. The van der Waals surface area contributed by atoms with Crippen molar-refractivity contribution in [3.8, 4) is 66.8 Å². The average molecular weight is 999 g/mol. The molecule has 0 unspecified atom stereocenters. The Kier molecular flexibility index (Phi) is 11.2. The van der Waals surface area contributed by atoms with Crippen molar-refractivity contribution in [1.82, 2.24) is 0 Å². The molecule has 0 atom stereocenters. The third-order valence-electron chi connectivity index (χ3n) is 16.8. The molecule has 0 saturated carbocycles. The molecule has 2 aliphatic rings. The van der Waals surface area contributed by atoms with E-state index in [9.17, 15) is 0 Å². The van der Waals surface area contributed by atoms with Gasteiger partial charge in [0, 0.05) is 27.9 Å². The minimum absolute atomic E-state index is 0.285. The molecule has 0 fully saturated rings. The van der Waals surface area contributed by atoms with Gasteiger partial charge in [0.15, 0.2) is 0 Å². The van der Waals surface area contributed by atoms with E-state index >= 15 is 0 Å². The monoisotopic (exact) mass is 998 g/mol. The molecule has 2 aliphatic heterocycles. The molecule has 0 saturated heterocycles. The normalized spacial score (nSPS) is 13.6. The second-order valence-electron chi connectivity index (χ2n) is 22.2. The maximum atomic E-state index is 2.58. The van der Waals surface area contributed by atoms with Crippen LogP contribution in [-0.2, 0) is 10.8 Å². The standard InChI is InChI=1S/C76H58N2/c1-75(2)68-47-62(53-21-13-7-14-22-53)35-43-72(68)78-73-44-36-63(54-23-15-8-16-24-54)48-69(73)76(3,4)71-50-64(49-70(75)74(71)78)61-28-27-59-45-58(25-26-60(59)46-61)57-33-41-67(42-34-57)77(65-37-29-55(30-38-65)51-17-9-5-10-18-51)66-39-31-56(32-40-66)52-19-11-6-12-20-52/h5-50H,1-4H3. The summed E-state index contributed by atoms with van der Waals surface area (Å²) in [6, 6.07) is 103. The molecular formula is C76H58N2. The van der Waals surface area contributed by atoms with Gasteiger partial charge in [-0.3, -0.25) is 0 Å². The molecule has 14 rings (SSSR count). The van der Waals surface area contributed by atoms with Crippen LogP contribution in [0, 0.1) is 0 Å². The van der Waals surface area contributed by atoms with E-state index in [2.05, 4.69) is 317 Å². The van der Waals surface area contributed by atoms with E-state index in [4.69, 9.17) is 0 Å². The maximum absolute atomic E-state index is 2.58. The second kappa shape index (κ2) is 18.7. The van der Waals surface area contributed by atoms with Gasteiger partial charge in [-0.05, 0) is 185 Å². The SMILES string of the molecule is CC1(C)c2cc(-c3ccccc3)ccc2N2c3ccc(-c4ccccc4)cc3C(C)(C)c3cc(-c4ccc5cc(-c6ccc(N(c7ccc(-c8ccccc8)cc7)c7ccc(-c8ccccc8)cc7)cc6)ccc5c4)cc1c32. The number of anilines is 6. The Labute approximate surface area is 458 Å². The van der Waals surface area contributed by atoms with Crippen molar-refractivity contribution < 1.29 is 0 Å². The number of rotatable bonds is 9. The number of hydrogen-bond donors (Lipinski definition) is 0. The van der Waals surface area contributed by atoms with Crippen molar-refractivity contribution in [3.05, 3.63) is 301 Å². The van der Waals surface area contributed by atoms with Crippen LogP contribution in [-0.4, -0.2) is 0 Å². The lowest BCUT2D eigenvalue weighted by Crippen LogP contribution is -2.38. The molecule has 0 aliphatic carbocycles. The highest BCUT2D eigenvalue weighted by Gasteiger charge is 2.46. The van der Waals surface area contributed by atoms with Crippen LogP contribution >= 0.6 is 0 Å². The summed E-state index contributed by atoms with van der Waals surface area (Å²) in [5.74, 6) is 0. The lowest BCUT2D eigenvalue weighted by molar-refractivity contribution is 0.598. The zero-order valence-corrected chi connectivity index (χ0v) is 44.5. The van der Waals surface area contributed by atoms with Crippen LogP contribution < -0.4 is 9.80 Å². The van der Waals surface area contributed by atoms with Gasteiger partial charge in [0.05, 0.1) is 17.1 Å². The Hall–Kier alpha value is -9.50. The minimum atomic E-state index is -0.285. The lowest BCUT2D eigenvalue weighted by Gasteiger charge is -2.50. The minimum Gasteiger partial charge on any atom is -0.311 e. The number of hydrogen-bond acceptors (Lipinski definition) is 2. The molecule has 0 amide bonds. The summed E-state index contributed by atoms with van der Waals surface area (Å²) in [6.45, 7) is 9.71. The van der Waals surface area contributed by atoms with Crippen LogP contribution in [0.4, 0.5) is 34.1 Å². The number of benzene rings is 12. The number of fused-ring (bicyclic) bond motifs is 5. The van der Waals surface area contributed by atoms with Gasteiger partial charge < -0.3 is 9.80 Å². The molecule has 2 heteroatoms. The second-order valence-corrected chi connectivity index (χ2v) is 22.2. The van der Waals surface area contributed by atoms with Crippen LogP contribution in [0.1, 0.15) is 49.9 Å². The summed E-state index contributed by atoms with van der Waals surface area (Å²) in [5, 5.41) is 2.44. The molecule has 0 N–H and O–H groups in total. The van der Waals surface area contributed by atoms with E-state index < -0.39 is 0 Å². The highest BCUT2D eigenvalue weighted by atomic mass is 15.2. The summed E-state index contributed by atoms with van der Waals surface area (Å²) in [6.07, 6.45) is 0. The molecule has 12 aromatic carbocycles. The van der Waals surface area contributed by atoms with Crippen LogP contribution in [0.15, 0.2) is 279 Å². The topological polar surface area (TPSA) is 6.48 Å². The third kappa shape index (κ3) is 8.03. The molecule has 12 aromatic rings. The van der Waals surface area contributed by atoms with Gasteiger partial charge in [-0.15, -0.1) is 0 Å². The Balaban J connectivity index is 0.826. The molecule has 2 heterocycles. The Morgan fingerprint density at radius 3 is 0.885 bits per heavy atom. The summed E-state index contributed by atoms with van der Waals surface area (Å²) < 4.78 is 0. The first-order valence-electron chi connectivity index (χ1n) is 27.3. The van der Waals surface area contributed by atoms with Crippen LogP contribution in [0.3, 0.4) is 0 Å². The van der Waals surface area contributed by atoms with Crippen LogP contribution in [0.25, 0.3) is 77.5 Å². The quantitative estimate of drug-likeness (QED) is 0.142. The van der Waals surface area contributed by atoms with Gasteiger partial charge in [-0.1, -0.05) is 222 Å². The zero-order chi connectivity index (χ0) is 52.5. The van der Waals surface area contributed by atoms with E-state index in [1.165, 1.54) is 117 Å². The predicted octanol–water partition coefficient (Wildman–Crippen LogP) is 21.1. The fraction of sp³-hybridized carbons (Fsp3) is 0.0789. The third-order valence-corrected chi connectivity index (χ3v) is 16.8. The van der Waals surface area contributed by atoms with Gasteiger partial charge >= 0.3 is 0 Å². The molecule has 0 spiro atoms. The Bertz CT molecular complexity index is 3990. The van der Waals surface area contributed by atoms with Gasteiger partial charge in [0.25, 0.3) is 0 Å². The van der Waals surface area contributed by atoms with Crippen molar-refractivity contribution in [2.75, 3.05) is 9.80 Å². The van der Waals surface area contributed by atoms with Gasteiger partial charge in [-0.2, -0.15) is 0 Å². The summed E-state index contributed by atoms with van der Waals surface area (Å²) in [5.41, 5.74) is 26.5. The van der Waals surface area contributed by atoms with E-state index in [-0.39, 0.29) is 10.8 Å². The zero-order valence-electron chi connectivity index (χ0n) is 44.5. The first kappa shape index (κ1) is 47.0. The molecule has 2 nitrogen and oxygen atoms in total. The fourth-order valence-electron chi connectivity index (χ4n) is 12.5. The Morgan fingerprint density at radius 1 is 0.244 bits per heavy atom. The van der Waals surface area contributed by atoms with E-state index in [1.807, 2.05) is 0 Å². The molecule has 372 valence electrons. The largest absolute Gasteiger partial charge is 0.311 e. The van der Waals surface area contributed by atoms with Crippen molar-refractivity contribution in [2.24, 2.45) is 0 Å². The maximum Gasteiger partial charge on any atom is 0.0544 e. The van der Waals surface area contributed by atoms with Crippen molar-refractivity contribution in [2.45, 2.75) is 38.5 Å². The van der Waals surface area contributed by atoms with E-state index in [0.29, 0.717) is 0 Å². The molecule has 78 heavy (non-hydrogen) atoms. The van der Waals surface area contributed by atoms with Gasteiger partial charge in [0.2, 0.25) is 0 Å². The van der Waals surface area contributed by atoms with Crippen molar-refractivity contribution in [1.29, 1.82) is 0 Å². The van der Waals surface area contributed by atoms with Crippen LogP contribution in [0.5, 0.6) is 0 Å². The van der Waals surface area contributed by atoms with E-state index in [1.54, 1.807) is 0 Å². The van der Waals surface area contributed by atoms with Crippen molar-refractivity contribution in [3.63, 3.8) is 0 Å². The average Bonchev–Trinajstić information content (AvgIpc) is 3.68. The highest BCUT2D eigenvalue weighted by molar-refractivity contribution is 5.97. The summed E-state index contributed by atoms with van der Waals surface area (Å²) in [4.78, 5) is 4.93. The smallest absolute Gasteiger partial charge is 0.0544 e. The molecule has 0 bridgehead atoms. The Morgan fingerprint density at radius 2 is 0.513 bits per heavy atom. The van der Waals surface area contributed by atoms with E-state index in [0.717, 1.165) is 17.1 Å². The van der Waals surface area contributed by atoms with Gasteiger partial charge in [-0.25, -0.2) is 0 Å².